The Morgan fingerprint density at radius 3 is 2.39 bits per heavy atom. The number of anilines is 1. The Balaban J connectivity index is 1.39. The van der Waals surface area contributed by atoms with Gasteiger partial charge in [-0.1, -0.05) is 48.5 Å². The number of hydrogen-bond acceptors (Lipinski definition) is 3. The van der Waals surface area contributed by atoms with E-state index >= 15 is 0 Å². The molecule has 2 aromatic rings. The number of nitrogens with zero attached hydrogens (tertiary/aromatic N) is 1. The summed E-state index contributed by atoms with van der Waals surface area (Å²) < 4.78 is 0. The van der Waals surface area contributed by atoms with Crippen LogP contribution in [-0.2, 0) is 11.2 Å². The summed E-state index contributed by atoms with van der Waals surface area (Å²) in [5, 5.41) is 3.29. The molecule has 1 unspecified atom stereocenters. The van der Waals surface area contributed by atoms with Gasteiger partial charge in [-0.15, -0.1) is 0 Å². The van der Waals surface area contributed by atoms with Crippen LogP contribution in [0.15, 0.2) is 60.7 Å². The van der Waals surface area contributed by atoms with Crippen LogP contribution in [0.3, 0.4) is 0 Å². The van der Waals surface area contributed by atoms with Crippen molar-refractivity contribution in [3.63, 3.8) is 0 Å². The van der Waals surface area contributed by atoms with E-state index < -0.39 is 0 Å². The average Bonchev–Trinajstić information content (AvgIpc) is 2.60. The number of rotatable bonds is 7. The lowest BCUT2D eigenvalue weighted by Gasteiger charge is -2.39. The topological polar surface area (TPSA) is 58.4 Å². The number of carbonyl (C=O) groups excluding carboxylic acids is 1. The van der Waals surface area contributed by atoms with Gasteiger partial charge in [0, 0.05) is 18.3 Å². The molecule has 1 saturated heterocycles. The summed E-state index contributed by atoms with van der Waals surface area (Å²) in [5.41, 5.74) is 8.42. The number of β-lactam (4-membered cyclic amide) rings is 1. The van der Waals surface area contributed by atoms with Crippen LogP contribution in [0, 0.1) is 0 Å². The maximum absolute atomic E-state index is 12.2. The molecule has 0 bridgehead atoms. The summed E-state index contributed by atoms with van der Waals surface area (Å²) in [6.45, 7) is 1.39. The normalized spacial score (nSPS) is 18.6. The minimum atomic E-state index is -0.0991. The third-order valence-corrected chi connectivity index (χ3v) is 4.27. The van der Waals surface area contributed by atoms with Crippen molar-refractivity contribution in [3.05, 3.63) is 66.2 Å². The standard InChI is InChI=1S/C19H23N3O/c20-16(12-11-15-7-3-1-4-8-15)13-21-18-14-22(19(18)23)17-9-5-2-6-10-17/h1-10,16,18,21H,11-14,20H2/t16?,18-/m0/s1. The number of benzene rings is 2. The van der Waals surface area contributed by atoms with Gasteiger partial charge < -0.3 is 16.0 Å². The van der Waals surface area contributed by atoms with Gasteiger partial charge in [-0.25, -0.2) is 0 Å². The zero-order valence-electron chi connectivity index (χ0n) is 13.2. The first-order valence-electron chi connectivity index (χ1n) is 8.13. The molecular weight excluding hydrogens is 286 g/mol. The fraction of sp³-hybridized carbons (Fsp3) is 0.316. The lowest BCUT2D eigenvalue weighted by Crippen LogP contribution is -2.64. The lowest BCUT2D eigenvalue weighted by molar-refractivity contribution is -0.124. The quantitative estimate of drug-likeness (QED) is 0.769. The van der Waals surface area contributed by atoms with Crippen molar-refractivity contribution in [2.75, 3.05) is 18.0 Å². The fourth-order valence-electron chi connectivity index (χ4n) is 2.81. The molecule has 120 valence electrons. The monoisotopic (exact) mass is 309 g/mol. The zero-order chi connectivity index (χ0) is 16.1. The highest BCUT2D eigenvalue weighted by Gasteiger charge is 2.37. The highest BCUT2D eigenvalue weighted by atomic mass is 16.2. The Hall–Kier alpha value is -2.17. The van der Waals surface area contributed by atoms with Gasteiger partial charge in [-0.2, -0.15) is 0 Å². The molecule has 0 aromatic heterocycles. The second kappa shape index (κ2) is 7.40. The van der Waals surface area contributed by atoms with Gasteiger partial charge in [0.15, 0.2) is 0 Å². The Kier molecular flexibility index (Phi) is 5.05. The summed E-state index contributed by atoms with van der Waals surface area (Å²) in [6.07, 6.45) is 1.89. The van der Waals surface area contributed by atoms with Crippen LogP contribution in [0.5, 0.6) is 0 Å². The van der Waals surface area contributed by atoms with E-state index in [4.69, 9.17) is 5.73 Å². The molecule has 0 saturated carbocycles. The average molecular weight is 309 g/mol. The first-order chi connectivity index (χ1) is 11.2. The lowest BCUT2D eigenvalue weighted by atomic mass is 10.0. The fourth-order valence-corrected chi connectivity index (χ4v) is 2.81. The summed E-state index contributed by atoms with van der Waals surface area (Å²) >= 11 is 0. The Labute approximate surface area is 137 Å². The van der Waals surface area contributed by atoms with E-state index in [0.717, 1.165) is 18.5 Å². The number of nitrogens with two attached hydrogens (primary N) is 1. The van der Waals surface area contributed by atoms with Crippen LogP contribution in [0.1, 0.15) is 12.0 Å². The molecule has 3 N–H and O–H groups in total. The van der Waals surface area contributed by atoms with Gasteiger partial charge in [0.2, 0.25) is 5.91 Å². The Morgan fingerprint density at radius 2 is 1.74 bits per heavy atom. The van der Waals surface area contributed by atoms with E-state index in [1.165, 1.54) is 5.56 Å². The minimum absolute atomic E-state index is 0.0637. The van der Waals surface area contributed by atoms with Crippen molar-refractivity contribution >= 4 is 11.6 Å². The number of aryl methyl sites for hydroxylation is 1. The van der Waals surface area contributed by atoms with Crippen LogP contribution in [0.4, 0.5) is 5.69 Å². The first kappa shape index (κ1) is 15.7. The van der Waals surface area contributed by atoms with Gasteiger partial charge in [0.05, 0.1) is 6.54 Å². The van der Waals surface area contributed by atoms with Crippen LogP contribution in [0.25, 0.3) is 0 Å². The minimum Gasteiger partial charge on any atom is -0.327 e. The first-order valence-corrected chi connectivity index (χ1v) is 8.13. The number of nitrogens with one attached hydrogen (secondary N) is 1. The molecule has 23 heavy (non-hydrogen) atoms. The highest BCUT2D eigenvalue weighted by Crippen LogP contribution is 2.21. The molecule has 0 radical (unpaired) electrons. The van der Waals surface area contributed by atoms with E-state index in [-0.39, 0.29) is 18.0 Å². The molecular formula is C19H23N3O. The van der Waals surface area contributed by atoms with E-state index in [2.05, 4.69) is 17.4 Å². The Morgan fingerprint density at radius 1 is 1.09 bits per heavy atom. The number of para-hydroxylation sites is 1. The second-order valence-corrected chi connectivity index (χ2v) is 6.03. The molecule has 1 heterocycles. The number of amides is 1. The van der Waals surface area contributed by atoms with E-state index in [1.807, 2.05) is 48.5 Å². The molecule has 1 amide bonds. The van der Waals surface area contributed by atoms with E-state index in [9.17, 15) is 4.79 Å². The van der Waals surface area contributed by atoms with Crippen LogP contribution in [0.2, 0.25) is 0 Å². The SMILES string of the molecule is NC(CCc1ccccc1)CN[C@H]1CN(c2ccccc2)C1=O. The van der Waals surface area contributed by atoms with Gasteiger partial charge in [-0.05, 0) is 30.5 Å². The molecule has 0 aliphatic carbocycles. The van der Waals surface area contributed by atoms with Crippen molar-refractivity contribution in [1.82, 2.24) is 5.32 Å². The van der Waals surface area contributed by atoms with Crippen molar-refractivity contribution < 1.29 is 4.79 Å². The summed E-state index contributed by atoms with van der Waals surface area (Å²) in [5.74, 6) is 0.131. The summed E-state index contributed by atoms with van der Waals surface area (Å²) in [6, 6.07) is 20.1. The maximum Gasteiger partial charge on any atom is 0.246 e. The molecule has 3 rings (SSSR count). The van der Waals surface area contributed by atoms with Crippen LogP contribution >= 0.6 is 0 Å². The Bertz CT molecular complexity index is 630. The van der Waals surface area contributed by atoms with Crippen molar-refractivity contribution in [2.24, 2.45) is 5.73 Å². The molecule has 1 fully saturated rings. The molecule has 2 atom stereocenters. The predicted octanol–water partition coefficient (Wildman–Crippen LogP) is 1.95. The van der Waals surface area contributed by atoms with Gasteiger partial charge >= 0.3 is 0 Å². The van der Waals surface area contributed by atoms with Crippen molar-refractivity contribution in [1.29, 1.82) is 0 Å². The molecule has 1 aliphatic rings. The molecule has 2 aromatic carbocycles. The number of hydrogen-bond donors (Lipinski definition) is 2. The van der Waals surface area contributed by atoms with Gasteiger partial charge in [0.1, 0.15) is 6.04 Å². The smallest absolute Gasteiger partial charge is 0.246 e. The predicted molar refractivity (Wildman–Crippen MR) is 93.3 cm³/mol. The highest BCUT2D eigenvalue weighted by molar-refractivity contribution is 6.03. The van der Waals surface area contributed by atoms with Gasteiger partial charge in [-0.3, -0.25) is 4.79 Å². The summed E-state index contributed by atoms with van der Waals surface area (Å²) in [7, 11) is 0. The van der Waals surface area contributed by atoms with Crippen LogP contribution in [-0.4, -0.2) is 31.1 Å². The van der Waals surface area contributed by atoms with Crippen LogP contribution < -0.4 is 16.0 Å². The third-order valence-electron chi connectivity index (χ3n) is 4.27. The van der Waals surface area contributed by atoms with E-state index in [1.54, 1.807) is 4.90 Å². The summed E-state index contributed by atoms with van der Waals surface area (Å²) in [4.78, 5) is 14.0. The van der Waals surface area contributed by atoms with Crippen molar-refractivity contribution in [3.8, 4) is 0 Å². The van der Waals surface area contributed by atoms with Crippen molar-refractivity contribution in [2.45, 2.75) is 24.9 Å². The van der Waals surface area contributed by atoms with Gasteiger partial charge in [0.25, 0.3) is 0 Å². The molecule has 4 heteroatoms. The zero-order valence-corrected chi connectivity index (χ0v) is 13.2. The second-order valence-electron chi connectivity index (χ2n) is 6.03. The largest absolute Gasteiger partial charge is 0.327 e. The number of carbonyl (C=O) groups is 1. The van der Waals surface area contributed by atoms with E-state index in [0.29, 0.717) is 13.1 Å². The molecule has 4 nitrogen and oxygen atoms in total. The molecule has 0 spiro atoms. The third kappa shape index (κ3) is 3.97. The maximum atomic E-state index is 12.2. The molecule has 1 aliphatic heterocycles.